The third-order valence-corrected chi connectivity index (χ3v) is 6.52. The van der Waals surface area contributed by atoms with E-state index in [9.17, 15) is 19.2 Å². The molecule has 2 N–H and O–H groups in total. The van der Waals surface area contributed by atoms with Gasteiger partial charge in [-0.1, -0.05) is 38.1 Å². The molecule has 0 saturated carbocycles. The molecule has 36 heavy (non-hydrogen) atoms. The van der Waals surface area contributed by atoms with Crippen LogP contribution in [0.5, 0.6) is 0 Å². The molecule has 0 bridgehead atoms. The Morgan fingerprint density at radius 1 is 1.00 bits per heavy atom. The molecule has 1 fully saturated rings. The van der Waals surface area contributed by atoms with Crippen LogP contribution in [-0.4, -0.2) is 44.6 Å². The number of carbonyl (C=O) groups is 3. The topological polar surface area (TPSA) is 105 Å². The number of para-hydroxylation sites is 1. The normalized spacial score (nSPS) is 15.2. The van der Waals surface area contributed by atoms with Crippen LogP contribution in [-0.2, 0) is 16.6 Å². The summed E-state index contributed by atoms with van der Waals surface area (Å²) in [5.41, 5.74) is 1.89. The molecule has 1 aliphatic heterocycles. The first-order valence-electron chi connectivity index (χ1n) is 12.1. The zero-order valence-electron chi connectivity index (χ0n) is 20.9. The average molecular weight is 490 g/mol. The number of rotatable bonds is 6. The molecule has 0 aliphatic carbocycles. The monoisotopic (exact) mass is 489 g/mol. The average Bonchev–Trinajstić information content (AvgIpc) is 3.44. The molecule has 1 aliphatic rings. The van der Waals surface area contributed by atoms with Gasteiger partial charge in [-0.15, -0.1) is 0 Å². The molecule has 2 heterocycles. The number of amides is 3. The van der Waals surface area contributed by atoms with Crippen molar-refractivity contribution >= 4 is 29.1 Å². The molecule has 9 nitrogen and oxygen atoms in total. The number of aromatic nitrogens is 2. The summed E-state index contributed by atoms with van der Waals surface area (Å²) in [4.78, 5) is 53.2. The van der Waals surface area contributed by atoms with Crippen LogP contribution in [0.25, 0.3) is 5.69 Å². The second kappa shape index (κ2) is 10.2. The molecule has 3 amide bonds. The van der Waals surface area contributed by atoms with Crippen LogP contribution in [0, 0.1) is 12.8 Å². The van der Waals surface area contributed by atoms with Crippen LogP contribution in [0.2, 0.25) is 0 Å². The second-order valence-electron chi connectivity index (χ2n) is 9.31. The van der Waals surface area contributed by atoms with Crippen molar-refractivity contribution in [3.05, 3.63) is 76.2 Å². The lowest BCUT2D eigenvalue weighted by Gasteiger charge is -2.25. The predicted molar refractivity (Wildman–Crippen MR) is 138 cm³/mol. The number of nitrogens with one attached hydrogen (secondary N) is 2. The van der Waals surface area contributed by atoms with Gasteiger partial charge in [-0.25, -0.2) is 4.68 Å². The lowest BCUT2D eigenvalue weighted by Crippen LogP contribution is -2.44. The van der Waals surface area contributed by atoms with Crippen molar-refractivity contribution < 1.29 is 14.4 Å². The molecule has 9 heteroatoms. The van der Waals surface area contributed by atoms with Gasteiger partial charge in [0, 0.05) is 30.8 Å². The molecule has 1 aromatic heterocycles. The lowest BCUT2D eigenvalue weighted by atomic mass is 10.1. The summed E-state index contributed by atoms with van der Waals surface area (Å²) in [6.45, 7) is 5.97. The van der Waals surface area contributed by atoms with E-state index in [1.165, 1.54) is 4.68 Å². The number of benzene rings is 2. The summed E-state index contributed by atoms with van der Waals surface area (Å²) in [6, 6.07) is 15.2. The summed E-state index contributed by atoms with van der Waals surface area (Å²) < 4.78 is 3.18. The van der Waals surface area contributed by atoms with Gasteiger partial charge in [-0.3, -0.25) is 23.9 Å². The minimum Gasteiger partial charge on any atom is -0.330 e. The number of nitrogens with zero attached hydrogens (tertiary/aromatic N) is 3. The number of anilines is 2. The van der Waals surface area contributed by atoms with E-state index >= 15 is 0 Å². The molecule has 188 valence electrons. The van der Waals surface area contributed by atoms with E-state index in [1.807, 2.05) is 44.2 Å². The first-order valence-corrected chi connectivity index (χ1v) is 12.1. The fraction of sp³-hybridized carbons (Fsp3) is 0.333. The minimum atomic E-state index is -0.527. The van der Waals surface area contributed by atoms with Crippen molar-refractivity contribution in [2.75, 3.05) is 17.2 Å². The Balaban J connectivity index is 1.51. The SMILES string of the molecule is Cc1c(NC(=O)c2cccc(NC(=O)C3CCCN3C(=O)C(C)C)c2)c(=O)n(-c2ccccc2)n1C. The van der Waals surface area contributed by atoms with Crippen LogP contribution in [0.3, 0.4) is 0 Å². The van der Waals surface area contributed by atoms with Gasteiger partial charge in [0.1, 0.15) is 11.7 Å². The molecule has 3 aromatic rings. The van der Waals surface area contributed by atoms with Gasteiger partial charge in [0.05, 0.1) is 11.4 Å². The van der Waals surface area contributed by atoms with E-state index in [4.69, 9.17) is 0 Å². The highest BCUT2D eigenvalue weighted by Crippen LogP contribution is 2.22. The molecule has 1 atom stereocenters. The fourth-order valence-electron chi connectivity index (χ4n) is 4.50. The summed E-state index contributed by atoms with van der Waals surface area (Å²) in [5.74, 6) is -0.961. The summed E-state index contributed by atoms with van der Waals surface area (Å²) in [5, 5.41) is 5.58. The van der Waals surface area contributed by atoms with E-state index in [2.05, 4.69) is 10.6 Å². The molecular weight excluding hydrogens is 458 g/mol. The van der Waals surface area contributed by atoms with Gasteiger partial charge in [-0.05, 0) is 50.1 Å². The van der Waals surface area contributed by atoms with Gasteiger partial charge in [0.25, 0.3) is 11.5 Å². The number of carbonyl (C=O) groups excluding carboxylic acids is 3. The van der Waals surface area contributed by atoms with Crippen LogP contribution in [0.15, 0.2) is 59.4 Å². The highest BCUT2D eigenvalue weighted by Gasteiger charge is 2.35. The Kier molecular flexibility index (Phi) is 7.10. The maximum absolute atomic E-state index is 13.1. The van der Waals surface area contributed by atoms with Crippen LogP contribution in [0.4, 0.5) is 11.4 Å². The predicted octanol–water partition coefficient (Wildman–Crippen LogP) is 3.32. The van der Waals surface area contributed by atoms with Crippen molar-refractivity contribution in [1.82, 2.24) is 14.3 Å². The van der Waals surface area contributed by atoms with Crippen molar-refractivity contribution in [1.29, 1.82) is 0 Å². The van der Waals surface area contributed by atoms with E-state index in [0.717, 1.165) is 6.42 Å². The third kappa shape index (κ3) is 4.82. The van der Waals surface area contributed by atoms with Crippen LogP contribution < -0.4 is 16.2 Å². The Morgan fingerprint density at radius 3 is 2.42 bits per heavy atom. The molecule has 1 saturated heterocycles. The standard InChI is InChI=1S/C27H31N5O4/c1-17(2)26(35)31-15-9-14-22(31)25(34)28-20-11-8-10-19(16-20)24(33)29-23-18(3)30(4)32(27(23)36)21-12-6-5-7-13-21/h5-8,10-13,16-17,22H,9,14-15H2,1-4H3,(H,28,34)(H,29,33). The van der Waals surface area contributed by atoms with Crippen molar-refractivity contribution in [3.63, 3.8) is 0 Å². The second-order valence-corrected chi connectivity index (χ2v) is 9.31. The van der Waals surface area contributed by atoms with Gasteiger partial charge in [0.15, 0.2) is 0 Å². The summed E-state index contributed by atoms with van der Waals surface area (Å²) in [6.07, 6.45) is 1.38. The quantitative estimate of drug-likeness (QED) is 0.554. The highest BCUT2D eigenvalue weighted by molar-refractivity contribution is 6.06. The van der Waals surface area contributed by atoms with Crippen molar-refractivity contribution in [2.45, 2.75) is 39.7 Å². The highest BCUT2D eigenvalue weighted by atomic mass is 16.2. The number of hydrogen-bond acceptors (Lipinski definition) is 4. The summed E-state index contributed by atoms with van der Waals surface area (Å²) >= 11 is 0. The van der Waals surface area contributed by atoms with Crippen molar-refractivity contribution in [3.8, 4) is 5.69 Å². The van der Waals surface area contributed by atoms with Crippen LogP contribution >= 0.6 is 0 Å². The number of hydrogen-bond donors (Lipinski definition) is 2. The zero-order valence-corrected chi connectivity index (χ0v) is 20.9. The first-order chi connectivity index (χ1) is 17.2. The van der Waals surface area contributed by atoms with Gasteiger partial charge in [0.2, 0.25) is 11.8 Å². The summed E-state index contributed by atoms with van der Waals surface area (Å²) in [7, 11) is 1.76. The van der Waals surface area contributed by atoms with Crippen molar-refractivity contribution in [2.24, 2.45) is 13.0 Å². The lowest BCUT2D eigenvalue weighted by molar-refractivity contribution is -0.139. The zero-order chi connectivity index (χ0) is 26.0. The Labute approximate surface area is 209 Å². The van der Waals surface area contributed by atoms with E-state index in [-0.39, 0.29) is 29.0 Å². The third-order valence-electron chi connectivity index (χ3n) is 6.52. The van der Waals surface area contributed by atoms with Gasteiger partial charge < -0.3 is 15.5 Å². The molecular formula is C27H31N5O4. The Hall–Kier alpha value is -4.14. The van der Waals surface area contributed by atoms with Gasteiger partial charge >= 0.3 is 0 Å². The van der Waals surface area contributed by atoms with Crippen LogP contribution in [0.1, 0.15) is 42.7 Å². The molecule has 0 spiro atoms. The smallest absolute Gasteiger partial charge is 0.295 e. The molecule has 2 aromatic carbocycles. The number of likely N-dealkylation sites (tertiary alicyclic amines) is 1. The first kappa shape index (κ1) is 25.0. The molecule has 1 unspecified atom stereocenters. The van der Waals surface area contributed by atoms with Gasteiger partial charge in [-0.2, -0.15) is 0 Å². The minimum absolute atomic E-state index is 0.0415. The van der Waals surface area contributed by atoms with E-state index in [0.29, 0.717) is 35.6 Å². The molecule has 0 radical (unpaired) electrons. The largest absolute Gasteiger partial charge is 0.330 e. The fourth-order valence-corrected chi connectivity index (χ4v) is 4.50. The Bertz CT molecular complexity index is 1360. The van der Waals surface area contributed by atoms with E-state index < -0.39 is 11.9 Å². The Morgan fingerprint density at radius 2 is 1.72 bits per heavy atom. The maximum Gasteiger partial charge on any atom is 0.295 e. The molecule has 4 rings (SSSR count). The van der Waals surface area contributed by atoms with E-state index in [1.54, 1.807) is 47.8 Å². The maximum atomic E-state index is 13.1.